The van der Waals surface area contributed by atoms with E-state index in [-0.39, 0.29) is 39.5 Å². The molecule has 1 saturated heterocycles. The Morgan fingerprint density at radius 3 is 2.67 bits per heavy atom. The van der Waals surface area contributed by atoms with E-state index in [4.69, 9.17) is 10.5 Å². The van der Waals surface area contributed by atoms with Gasteiger partial charge in [0, 0.05) is 11.1 Å². The lowest BCUT2D eigenvalue weighted by Crippen LogP contribution is -2.31. The van der Waals surface area contributed by atoms with Crippen LogP contribution in [0.15, 0.2) is 35.6 Å². The monoisotopic (exact) mass is 475 g/mol. The van der Waals surface area contributed by atoms with Gasteiger partial charge in [-0.2, -0.15) is 5.10 Å². The SMILES string of the molecule is CNS(=O)(=O)c1cc(-c2cnc(N)c(Oc3cnn(C4CCN(C)CC4)c3)n2)cc(F)c1C. The molecule has 0 atom stereocenters. The lowest BCUT2D eigenvalue weighted by molar-refractivity contribution is 0.212. The quantitative estimate of drug-likeness (QED) is 0.556. The van der Waals surface area contributed by atoms with Crippen molar-refractivity contribution in [3.8, 4) is 22.9 Å². The summed E-state index contributed by atoms with van der Waals surface area (Å²) in [6.45, 7) is 3.40. The van der Waals surface area contributed by atoms with Crippen LogP contribution in [0, 0.1) is 12.7 Å². The molecule has 176 valence electrons. The molecule has 0 spiro atoms. The van der Waals surface area contributed by atoms with Crippen molar-refractivity contribution in [2.45, 2.75) is 30.7 Å². The summed E-state index contributed by atoms with van der Waals surface area (Å²) in [6.07, 6.45) is 6.68. The van der Waals surface area contributed by atoms with Crippen LogP contribution in [0.2, 0.25) is 0 Å². The fourth-order valence-electron chi connectivity index (χ4n) is 3.73. The van der Waals surface area contributed by atoms with Crippen molar-refractivity contribution in [3.63, 3.8) is 0 Å². The van der Waals surface area contributed by atoms with Crippen LogP contribution in [0.25, 0.3) is 11.3 Å². The van der Waals surface area contributed by atoms with Crippen LogP contribution in [-0.2, 0) is 10.0 Å². The minimum absolute atomic E-state index is 0.00861. The molecule has 0 bridgehead atoms. The predicted octanol–water partition coefficient (Wildman–Crippen LogP) is 2.34. The van der Waals surface area contributed by atoms with Gasteiger partial charge in [0.1, 0.15) is 5.82 Å². The van der Waals surface area contributed by atoms with E-state index in [1.165, 1.54) is 32.3 Å². The summed E-state index contributed by atoms with van der Waals surface area (Å²) in [5.41, 5.74) is 6.40. The smallest absolute Gasteiger partial charge is 0.263 e. The molecule has 2 aromatic heterocycles. The number of nitrogens with two attached hydrogens (primary N) is 1. The number of nitrogens with one attached hydrogen (secondary N) is 1. The van der Waals surface area contributed by atoms with Crippen molar-refractivity contribution in [2.75, 3.05) is 32.9 Å². The first-order valence-corrected chi connectivity index (χ1v) is 11.9. The van der Waals surface area contributed by atoms with Gasteiger partial charge in [-0.05, 0) is 59.1 Å². The molecule has 12 heteroatoms. The van der Waals surface area contributed by atoms with Gasteiger partial charge in [0.25, 0.3) is 5.88 Å². The van der Waals surface area contributed by atoms with E-state index < -0.39 is 15.8 Å². The molecule has 1 aliphatic rings. The maximum absolute atomic E-state index is 14.5. The number of rotatable bonds is 6. The number of ether oxygens (including phenoxy) is 1. The molecule has 1 aromatic carbocycles. The molecule has 0 amide bonds. The summed E-state index contributed by atoms with van der Waals surface area (Å²) in [6, 6.07) is 2.83. The van der Waals surface area contributed by atoms with Gasteiger partial charge in [-0.25, -0.2) is 27.5 Å². The second-order valence-corrected chi connectivity index (χ2v) is 9.88. The van der Waals surface area contributed by atoms with E-state index >= 15 is 0 Å². The normalized spacial score (nSPS) is 15.6. The van der Waals surface area contributed by atoms with Gasteiger partial charge in [0.2, 0.25) is 10.0 Å². The molecule has 1 fully saturated rings. The zero-order valence-electron chi connectivity index (χ0n) is 18.6. The van der Waals surface area contributed by atoms with E-state index in [0.29, 0.717) is 5.75 Å². The van der Waals surface area contributed by atoms with Crippen molar-refractivity contribution in [1.82, 2.24) is 29.4 Å². The number of nitrogens with zero attached hydrogens (tertiary/aromatic N) is 5. The van der Waals surface area contributed by atoms with Gasteiger partial charge in [-0.3, -0.25) is 4.68 Å². The van der Waals surface area contributed by atoms with Gasteiger partial charge in [-0.15, -0.1) is 0 Å². The van der Waals surface area contributed by atoms with Crippen LogP contribution in [0.5, 0.6) is 11.6 Å². The molecule has 3 N–H and O–H groups in total. The molecule has 0 saturated carbocycles. The number of hydrogen-bond acceptors (Lipinski definition) is 8. The third-order valence-electron chi connectivity index (χ3n) is 5.77. The number of hydrogen-bond donors (Lipinski definition) is 2. The van der Waals surface area contributed by atoms with Gasteiger partial charge in [0.05, 0.1) is 35.2 Å². The van der Waals surface area contributed by atoms with E-state index in [1.807, 2.05) is 4.68 Å². The summed E-state index contributed by atoms with van der Waals surface area (Å²) < 4.78 is 49.0. The second-order valence-electron chi connectivity index (χ2n) is 8.03. The number of aromatic nitrogens is 4. The molecule has 10 nitrogen and oxygen atoms in total. The maximum atomic E-state index is 14.5. The first kappa shape index (κ1) is 23.1. The molecule has 3 aromatic rings. The highest BCUT2D eigenvalue weighted by molar-refractivity contribution is 7.89. The summed E-state index contributed by atoms with van der Waals surface area (Å²) in [7, 11) is -0.508. The highest BCUT2D eigenvalue weighted by atomic mass is 32.2. The fraction of sp³-hybridized carbons (Fsp3) is 0.381. The van der Waals surface area contributed by atoms with Crippen molar-refractivity contribution < 1.29 is 17.5 Å². The Kier molecular flexibility index (Phi) is 6.32. The largest absolute Gasteiger partial charge is 0.433 e. The molecule has 0 radical (unpaired) electrons. The van der Waals surface area contributed by atoms with E-state index in [0.717, 1.165) is 25.9 Å². The zero-order chi connectivity index (χ0) is 23.8. The number of nitrogen functional groups attached to an aromatic ring is 1. The van der Waals surface area contributed by atoms with Gasteiger partial charge in [-0.1, -0.05) is 0 Å². The van der Waals surface area contributed by atoms with Crippen molar-refractivity contribution in [3.05, 3.63) is 42.1 Å². The number of piperidine rings is 1. The molecule has 33 heavy (non-hydrogen) atoms. The van der Waals surface area contributed by atoms with Crippen molar-refractivity contribution >= 4 is 15.8 Å². The Bertz CT molecular complexity index is 1270. The highest BCUT2D eigenvalue weighted by Gasteiger charge is 2.22. The summed E-state index contributed by atoms with van der Waals surface area (Å²) in [5.74, 6) is -0.168. The van der Waals surface area contributed by atoms with Crippen LogP contribution in [0.4, 0.5) is 10.2 Å². The molecule has 0 aliphatic carbocycles. The first-order valence-electron chi connectivity index (χ1n) is 10.4. The Labute approximate surface area is 191 Å². The zero-order valence-corrected chi connectivity index (χ0v) is 19.4. The summed E-state index contributed by atoms with van der Waals surface area (Å²) in [4.78, 5) is 10.5. The van der Waals surface area contributed by atoms with Crippen LogP contribution >= 0.6 is 0 Å². The molecular weight excluding hydrogens is 449 g/mol. The van der Waals surface area contributed by atoms with Crippen LogP contribution < -0.4 is 15.2 Å². The molecule has 3 heterocycles. The summed E-state index contributed by atoms with van der Waals surface area (Å²) >= 11 is 0. The Morgan fingerprint density at radius 1 is 1.24 bits per heavy atom. The minimum Gasteiger partial charge on any atom is -0.433 e. The molecule has 4 rings (SSSR count). The predicted molar refractivity (Wildman–Crippen MR) is 121 cm³/mol. The molecular formula is C21H26FN7O3S. The number of likely N-dealkylation sites (tertiary alicyclic amines) is 1. The molecule has 0 unspecified atom stereocenters. The fourth-order valence-corrected chi connectivity index (χ4v) is 4.73. The lowest BCUT2D eigenvalue weighted by Gasteiger charge is -2.28. The minimum atomic E-state index is -3.87. The number of sulfonamides is 1. The van der Waals surface area contributed by atoms with Crippen LogP contribution in [0.3, 0.4) is 0 Å². The number of benzene rings is 1. The van der Waals surface area contributed by atoms with Crippen LogP contribution in [0.1, 0.15) is 24.4 Å². The van der Waals surface area contributed by atoms with Gasteiger partial charge < -0.3 is 15.4 Å². The van der Waals surface area contributed by atoms with E-state index in [1.54, 1.807) is 12.4 Å². The third kappa shape index (κ3) is 4.82. The Balaban J connectivity index is 1.62. The maximum Gasteiger partial charge on any atom is 0.263 e. The Morgan fingerprint density at radius 2 is 1.97 bits per heavy atom. The molecule has 1 aliphatic heterocycles. The average molecular weight is 476 g/mol. The number of halogens is 1. The van der Waals surface area contributed by atoms with Gasteiger partial charge >= 0.3 is 0 Å². The van der Waals surface area contributed by atoms with Crippen LogP contribution in [-0.4, -0.2) is 60.3 Å². The average Bonchev–Trinajstić information content (AvgIpc) is 3.26. The number of anilines is 1. The Hall–Kier alpha value is -3.09. The van der Waals surface area contributed by atoms with E-state index in [2.05, 4.69) is 31.7 Å². The van der Waals surface area contributed by atoms with Crippen molar-refractivity contribution in [1.29, 1.82) is 0 Å². The topological polar surface area (TPSA) is 128 Å². The van der Waals surface area contributed by atoms with Crippen molar-refractivity contribution in [2.24, 2.45) is 0 Å². The van der Waals surface area contributed by atoms with E-state index in [9.17, 15) is 12.8 Å². The summed E-state index contributed by atoms with van der Waals surface area (Å²) in [5, 5.41) is 4.40. The highest BCUT2D eigenvalue weighted by Crippen LogP contribution is 2.31. The second kappa shape index (κ2) is 9.04. The third-order valence-corrected chi connectivity index (χ3v) is 7.31. The lowest BCUT2D eigenvalue weighted by atomic mass is 10.1. The first-order chi connectivity index (χ1) is 15.7. The standard InChI is InChI=1S/C21H26FN7O3S/c1-13-17(22)8-14(9-19(13)33(30,31)24-2)18-11-25-20(23)21(27-18)32-16-10-26-29(12-16)15-4-6-28(3)7-5-15/h8-12,15,24H,4-7H2,1-3H3,(H2,23,25). The van der Waals surface area contributed by atoms with Gasteiger partial charge in [0.15, 0.2) is 11.6 Å².